The van der Waals surface area contributed by atoms with Crippen LogP contribution in [0.3, 0.4) is 0 Å². The first-order chi connectivity index (χ1) is 15.5. The van der Waals surface area contributed by atoms with Crippen LogP contribution in [0.15, 0.2) is 42.7 Å². The summed E-state index contributed by atoms with van der Waals surface area (Å²) in [6, 6.07) is 12.2. The number of carbonyl (C=O) groups excluding carboxylic acids is 2. The molecule has 0 spiro atoms. The lowest BCUT2D eigenvalue weighted by molar-refractivity contribution is -0.132. The van der Waals surface area contributed by atoms with Crippen molar-refractivity contribution in [2.75, 3.05) is 11.9 Å². The summed E-state index contributed by atoms with van der Waals surface area (Å²) in [5, 5.41) is 13.3. The Morgan fingerprint density at radius 1 is 1.31 bits per heavy atom. The Bertz CT molecular complexity index is 1170. The third kappa shape index (κ3) is 4.58. The number of hydrogen-bond donors (Lipinski definition) is 1. The minimum atomic E-state index is -0.111. The van der Waals surface area contributed by atoms with Gasteiger partial charge in [-0.15, -0.1) is 11.3 Å². The minimum absolute atomic E-state index is 0.0194. The predicted molar refractivity (Wildman–Crippen MR) is 123 cm³/mol. The normalized spacial score (nSPS) is 13.8. The molecule has 32 heavy (non-hydrogen) atoms. The zero-order valence-electron chi connectivity index (χ0n) is 18.2. The van der Waals surface area contributed by atoms with E-state index in [1.54, 1.807) is 12.4 Å². The molecule has 3 heterocycles. The minimum Gasteiger partial charge on any atom is -0.336 e. The molecule has 0 radical (unpaired) electrons. The van der Waals surface area contributed by atoms with Crippen molar-refractivity contribution in [1.29, 1.82) is 5.26 Å². The van der Waals surface area contributed by atoms with Crippen LogP contribution in [-0.2, 0) is 29.1 Å². The number of benzene rings is 1. The Morgan fingerprint density at radius 3 is 2.78 bits per heavy atom. The molecule has 1 atom stereocenters. The van der Waals surface area contributed by atoms with Crippen LogP contribution in [0.5, 0.6) is 0 Å². The van der Waals surface area contributed by atoms with Crippen LogP contribution in [0, 0.1) is 18.3 Å². The fourth-order valence-electron chi connectivity index (χ4n) is 3.99. The van der Waals surface area contributed by atoms with E-state index in [9.17, 15) is 14.9 Å². The lowest BCUT2D eigenvalue weighted by Crippen LogP contribution is -2.37. The van der Waals surface area contributed by atoms with Crippen molar-refractivity contribution >= 4 is 28.2 Å². The number of nitrogens with one attached hydrogen (secondary N) is 1. The standard InChI is InChI=1S/C24H25N5O2S/c1-16(18-6-4-3-5-7-18)12-22(30)27-24-20(13-25)19-8-10-29(14-21(19)32-24)23(31)15-28-11-9-26-17(28)2/h3-7,9,11,16H,8,10,12,14-15H2,1-2H3,(H,27,30). The van der Waals surface area contributed by atoms with Crippen molar-refractivity contribution in [1.82, 2.24) is 14.5 Å². The van der Waals surface area contributed by atoms with E-state index in [-0.39, 0.29) is 24.3 Å². The molecule has 0 fully saturated rings. The average molecular weight is 448 g/mol. The van der Waals surface area contributed by atoms with Gasteiger partial charge < -0.3 is 14.8 Å². The lowest BCUT2D eigenvalue weighted by Gasteiger charge is -2.27. The monoisotopic (exact) mass is 447 g/mol. The molecule has 1 aliphatic rings. The largest absolute Gasteiger partial charge is 0.336 e. The van der Waals surface area contributed by atoms with Crippen molar-refractivity contribution in [2.24, 2.45) is 0 Å². The summed E-state index contributed by atoms with van der Waals surface area (Å²) < 4.78 is 1.83. The van der Waals surface area contributed by atoms with Gasteiger partial charge in [-0.25, -0.2) is 4.98 Å². The highest BCUT2D eigenvalue weighted by Gasteiger charge is 2.28. The summed E-state index contributed by atoms with van der Waals surface area (Å²) in [6.07, 6.45) is 4.43. The van der Waals surface area contributed by atoms with Gasteiger partial charge in [0, 0.05) is 30.2 Å². The number of imidazole rings is 1. The van der Waals surface area contributed by atoms with Crippen LogP contribution in [0.2, 0.25) is 0 Å². The highest BCUT2D eigenvalue weighted by molar-refractivity contribution is 7.16. The average Bonchev–Trinajstić information content (AvgIpc) is 3.35. The van der Waals surface area contributed by atoms with Crippen LogP contribution in [0.1, 0.15) is 46.7 Å². The Hall–Kier alpha value is -3.44. The maximum Gasteiger partial charge on any atom is 0.242 e. The lowest BCUT2D eigenvalue weighted by atomic mass is 9.97. The van der Waals surface area contributed by atoms with Gasteiger partial charge in [0.25, 0.3) is 0 Å². The molecule has 1 aromatic carbocycles. The smallest absolute Gasteiger partial charge is 0.242 e. The predicted octanol–water partition coefficient (Wildman–Crippen LogP) is 3.84. The second-order valence-electron chi connectivity index (χ2n) is 8.05. The number of amides is 2. The van der Waals surface area contributed by atoms with E-state index in [0.29, 0.717) is 36.5 Å². The van der Waals surface area contributed by atoms with Gasteiger partial charge >= 0.3 is 0 Å². The summed E-state index contributed by atoms with van der Waals surface area (Å²) in [5.41, 5.74) is 2.59. The second kappa shape index (κ2) is 9.37. The van der Waals surface area contributed by atoms with Crippen LogP contribution in [0.4, 0.5) is 5.00 Å². The molecule has 2 amide bonds. The van der Waals surface area contributed by atoms with Crippen LogP contribution >= 0.6 is 11.3 Å². The Labute approximate surface area is 191 Å². The summed E-state index contributed by atoms with van der Waals surface area (Å²) in [4.78, 5) is 32.4. The molecule has 8 heteroatoms. The molecule has 1 aliphatic heterocycles. The molecule has 3 aromatic rings. The van der Waals surface area contributed by atoms with Gasteiger partial charge in [0.1, 0.15) is 23.4 Å². The van der Waals surface area contributed by atoms with E-state index in [2.05, 4.69) is 16.4 Å². The van der Waals surface area contributed by atoms with Gasteiger partial charge in [-0.05, 0) is 30.4 Å². The molecule has 1 N–H and O–H groups in total. The van der Waals surface area contributed by atoms with Gasteiger partial charge in [-0.1, -0.05) is 37.3 Å². The highest BCUT2D eigenvalue weighted by Crippen LogP contribution is 2.37. The zero-order valence-corrected chi connectivity index (χ0v) is 19.0. The van der Waals surface area contributed by atoms with Gasteiger partial charge in [-0.3, -0.25) is 9.59 Å². The third-order valence-corrected chi connectivity index (χ3v) is 7.00. The van der Waals surface area contributed by atoms with Gasteiger partial charge in [-0.2, -0.15) is 5.26 Å². The van der Waals surface area contributed by atoms with E-state index < -0.39 is 0 Å². The number of hydrogen-bond acceptors (Lipinski definition) is 5. The maximum absolute atomic E-state index is 12.8. The van der Waals surface area contributed by atoms with Crippen LogP contribution in [0.25, 0.3) is 0 Å². The van der Waals surface area contributed by atoms with Gasteiger partial charge in [0.05, 0.1) is 12.1 Å². The van der Waals surface area contributed by atoms with Crippen LogP contribution < -0.4 is 5.32 Å². The second-order valence-corrected chi connectivity index (χ2v) is 9.16. The zero-order chi connectivity index (χ0) is 22.7. The van der Waals surface area contributed by atoms with E-state index in [1.807, 2.05) is 53.6 Å². The number of carbonyl (C=O) groups is 2. The number of fused-ring (bicyclic) bond motifs is 1. The van der Waals surface area contributed by atoms with E-state index in [1.165, 1.54) is 11.3 Å². The molecule has 0 bridgehead atoms. The number of rotatable bonds is 6. The summed E-state index contributed by atoms with van der Waals surface area (Å²) >= 11 is 1.40. The fourth-order valence-corrected chi connectivity index (χ4v) is 5.22. The summed E-state index contributed by atoms with van der Waals surface area (Å²) in [7, 11) is 0. The maximum atomic E-state index is 12.8. The number of anilines is 1. The molecule has 164 valence electrons. The molecule has 0 saturated carbocycles. The molecule has 0 saturated heterocycles. The molecule has 2 aromatic heterocycles. The third-order valence-electron chi connectivity index (χ3n) is 5.86. The number of thiophene rings is 1. The molecular formula is C24H25N5O2S. The Kier molecular flexibility index (Phi) is 6.37. The first kappa shape index (κ1) is 21.8. The van der Waals surface area contributed by atoms with Crippen molar-refractivity contribution in [2.45, 2.75) is 45.7 Å². The SMILES string of the molecule is Cc1nccn1CC(=O)N1CCc2c(sc(NC(=O)CC(C)c3ccccc3)c2C#N)C1. The Morgan fingerprint density at radius 2 is 2.09 bits per heavy atom. The van der Waals surface area contributed by atoms with Crippen molar-refractivity contribution in [3.05, 3.63) is 70.1 Å². The quantitative estimate of drug-likeness (QED) is 0.622. The van der Waals surface area contributed by atoms with E-state index >= 15 is 0 Å². The first-order valence-corrected chi connectivity index (χ1v) is 11.4. The summed E-state index contributed by atoms with van der Waals surface area (Å²) in [6.45, 7) is 5.15. The summed E-state index contributed by atoms with van der Waals surface area (Å²) in [5.74, 6) is 0.788. The van der Waals surface area contributed by atoms with Gasteiger partial charge in [0.15, 0.2) is 0 Å². The molecule has 1 unspecified atom stereocenters. The van der Waals surface area contributed by atoms with Gasteiger partial charge in [0.2, 0.25) is 11.8 Å². The molecular weight excluding hydrogens is 422 g/mol. The Balaban J connectivity index is 1.44. The molecule has 7 nitrogen and oxygen atoms in total. The fraction of sp³-hybridized carbons (Fsp3) is 0.333. The highest BCUT2D eigenvalue weighted by atomic mass is 32.1. The first-order valence-electron chi connectivity index (χ1n) is 10.6. The van der Waals surface area contributed by atoms with E-state index in [4.69, 9.17) is 0 Å². The van der Waals surface area contributed by atoms with Crippen molar-refractivity contribution in [3.8, 4) is 6.07 Å². The number of nitrogens with zero attached hydrogens (tertiary/aromatic N) is 4. The molecule has 0 aliphatic carbocycles. The topological polar surface area (TPSA) is 91.0 Å². The molecule has 4 rings (SSSR count). The van der Waals surface area contributed by atoms with Crippen LogP contribution in [-0.4, -0.2) is 32.8 Å². The number of aromatic nitrogens is 2. The number of nitriles is 1. The number of aryl methyl sites for hydroxylation is 1. The van der Waals surface area contributed by atoms with Crippen molar-refractivity contribution in [3.63, 3.8) is 0 Å². The van der Waals surface area contributed by atoms with E-state index in [0.717, 1.165) is 21.8 Å². The van der Waals surface area contributed by atoms with Crippen molar-refractivity contribution < 1.29 is 9.59 Å².